The van der Waals surface area contributed by atoms with Gasteiger partial charge in [0.15, 0.2) is 0 Å². The van der Waals surface area contributed by atoms with Crippen molar-refractivity contribution in [1.29, 1.82) is 0 Å². The number of β-amino-alcohol motifs (C(OH)–C–C–N with tert-alkyl or cyclic N) is 1. The number of hydrogen-bond donors (Lipinski definition) is 1. The minimum Gasteiger partial charge on any atom is -0.387 e. The van der Waals surface area contributed by atoms with Crippen LogP contribution in [0.4, 0.5) is 4.39 Å². The molecule has 0 aromatic heterocycles. The first-order valence-corrected chi connectivity index (χ1v) is 8.39. The highest BCUT2D eigenvalue weighted by Crippen LogP contribution is 2.60. The zero-order valence-corrected chi connectivity index (χ0v) is 14.6. The van der Waals surface area contributed by atoms with E-state index in [2.05, 4.69) is 0 Å². The van der Waals surface area contributed by atoms with Gasteiger partial charge in [-0.15, -0.1) is 0 Å². The zero-order valence-electron chi connectivity index (χ0n) is 14.6. The van der Waals surface area contributed by atoms with E-state index in [0.717, 1.165) is 0 Å². The van der Waals surface area contributed by atoms with Gasteiger partial charge in [-0.3, -0.25) is 14.5 Å². The van der Waals surface area contributed by atoms with Crippen LogP contribution in [-0.2, 0) is 9.59 Å². The summed E-state index contributed by atoms with van der Waals surface area (Å²) in [7, 11) is 0. The Kier molecular flexibility index (Phi) is 3.83. The van der Waals surface area contributed by atoms with Crippen LogP contribution in [0.15, 0.2) is 18.2 Å². The largest absolute Gasteiger partial charge is 0.387 e. The standard InChI is InChI=1S/C19H24FNO3/c1-11-9-12(20)5-6-13(11)15(22)10-21-16(23)14-7-8-19(4,17(21)24)18(14,2)3/h5-6,9,14-15,22H,7-8,10H2,1-4H3. The topological polar surface area (TPSA) is 57.6 Å². The van der Waals surface area contributed by atoms with E-state index in [-0.39, 0.29) is 35.5 Å². The molecule has 2 amide bonds. The van der Waals surface area contributed by atoms with E-state index in [9.17, 15) is 19.1 Å². The maximum atomic E-state index is 13.2. The normalized spacial score (nSPS) is 29.9. The summed E-state index contributed by atoms with van der Waals surface area (Å²) in [5.41, 5.74) is 0.200. The fourth-order valence-corrected chi connectivity index (χ4v) is 4.36. The molecule has 130 valence electrons. The number of piperidine rings is 1. The number of likely N-dealkylation sites (tertiary alicyclic amines) is 1. The summed E-state index contributed by atoms with van der Waals surface area (Å²) < 4.78 is 13.2. The molecule has 1 heterocycles. The molecule has 1 aliphatic heterocycles. The lowest BCUT2D eigenvalue weighted by Crippen LogP contribution is -2.59. The highest BCUT2D eigenvalue weighted by Gasteiger charge is 2.64. The number of nitrogens with zero attached hydrogens (tertiary/aromatic N) is 1. The lowest BCUT2D eigenvalue weighted by Gasteiger charge is -2.48. The Balaban J connectivity index is 1.88. The summed E-state index contributed by atoms with van der Waals surface area (Å²) in [6, 6.07) is 4.13. The van der Waals surface area contributed by atoms with Gasteiger partial charge in [-0.25, -0.2) is 4.39 Å². The van der Waals surface area contributed by atoms with Crippen molar-refractivity contribution in [3.8, 4) is 0 Å². The maximum absolute atomic E-state index is 13.2. The summed E-state index contributed by atoms with van der Waals surface area (Å²) in [4.78, 5) is 27.0. The molecule has 3 unspecified atom stereocenters. The first kappa shape index (κ1) is 17.1. The van der Waals surface area contributed by atoms with E-state index in [0.29, 0.717) is 24.0 Å². The van der Waals surface area contributed by atoms with Gasteiger partial charge in [0.1, 0.15) is 5.82 Å². The number of aliphatic hydroxyl groups is 1. The molecule has 1 N–H and O–H groups in total. The van der Waals surface area contributed by atoms with Gasteiger partial charge in [0.2, 0.25) is 11.8 Å². The van der Waals surface area contributed by atoms with Gasteiger partial charge in [-0.2, -0.15) is 0 Å². The van der Waals surface area contributed by atoms with E-state index < -0.39 is 11.5 Å². The molecule has 2 bridgehead atoms. The van der Waals surface area contributed by atoms with E-state index in [1.807, 2.05) is 20.8 Å². The number of aliphatic hydroxyl groups excluding tert-OH is 1. The second-order valence-corrected chi connectivity index (χ2v) is 7.92. The van der Waals surface area contributed by atoms with Crippen LogP contribution >= 0.6 is 0 Å². The molecule has 1 aromatic rings. The minimum absolute atomic E-state index is 0.0771. The third kappa shape index (κ3) is 2.21. The SMILES string of the molecule is Cc1cc(F)ccc1C(O)CN1C(=O)C2CCC(C)(C1=O)C2(C)C. The molecule has 2 aliphatic rings. The van der Waals surface area contributed by atoms with Crippen LogP contribution in [0.25, 0.3) is 0 Å². The van der Waals surface area contributed by atoms with Gasteiger partial charge in [0.05, 0.1) is 18.1 Å². The Hall–Kier alpha value is -1.75. The number of imide groups is 1. The zero-order chi connectivity index (χ0) is 17.9. The molecule has 2 fully saturated rings. The number of benzene rings is 1. The van der Waals surface area contributed by atoms with Crippen molar-refractivity contribution in [2.24, 2.45) is 16.7 Å². The molecule has 1 aliphatic carbocycles. The molecule has 3 atom stereocenters. The van der Waals surface area contributed by atoms with Crippen LogP contribution in [0.1, 0.15) is 50.8 Å². The van der Waals surface area contributed by atoms with Crippen molar-refractivity contribution in [2.45, 2.75) is 46.6 Å². The number of aryl methyl sites for hydroxylation is 1. The van der Waals surface area contributed by atoms with Crippen LogP contribution in [0.5, 0.6) is 0 Å². The Bertz CT molecular complexity index is 715. The number of halogens is 1. The molecule has 0 spiro atoms. The molecule has 5 heteroatoms. The number of rotatable bonds is 3. The second kappa shape index (κ2) is 5.38. The Morgan fingerprint density at radius 1 is 1.33 bits per heavy atom. The van der Waals surface area contributed by atoms with Crippen molar-refractivity contribution in [3.63, 3.8) is 0 Å². The van der Waals surface area contributed by atoms with Crippen LogP contribution in [0.2, 0.25) is 0 Å². The molecular weight excluding hydrogens is 309 g/mol. The van der Waals surface area contributed by atoms with Crippen molar-refractivity contribution in [2.75, 3.05) is 6.54 Å². The van der Waals surface area contributed by atoms with Crippen LogP contribution in [0.3, 0.4) is 0 Å². The maximum Gasteiger partial charge on any atom is 0.235 e. The molecular formula is C19H24FNO3. The van der Waals surface area contributed by atoms with E-state index in [1.165, 1.54) is 23.1 Å². The highest BCUT2D eigenvalue weighted by atomic mass is 19.1. The highest BCUT2D eigenvalue weighted by molar-refractivity contribution is 6.03. The lowest BCUT2D eigenvalue weighted by molar-refractivity contribution is -0.169. The van der Waals surface area contributed by atoms with E-state index >= 15 is 0 Å². The van der Waals surface area contributed by atoms with Gasteiger partial charge in [0.25, 0.3) is 0 Å². The van der Waals surface area contributed by atoms with Gasteiger partial charge in [-0.1, -0.05) is 26.8 Å². The van der Waals surface area contributed by atoms with Crippen molar-refractivity contribution in [3.05, 3.63) is 35.1 Å². The number of carbonyl (C=O) groups excluding carboxylic acids is 2. The molecule has 0 radical (unpaired) electrons. The number of fused-ring (bicyclic) bond motifs is 2. The Morgan fingerprint density at radius 3 is 2.62 bits per heavy atom. The second-order valence-electron chi connectivity index (χ2n) is 7.92. The van der Waals surface area contributed by atoms with Crippen LogP contribution in [-0.4, -0.2) is 28.4 Å². The molecule has 1 saturated carbocycles. The summed E-state index contributed by atoms with van der Waals surface area (Å²) >= 11 is 0. The predicted molar refractivity (Wildman–Crippen MR) is 87.4 cm³/mol. The number of amides is 2. The quantitative estimate of drug-likeness (QED) is 0.865. The Morgan fingerprint density at radius 2 is 2.00 bits per heavy atom. The van der Waals surface area contributed by atoms with Crippen LogP contribution in [0, 0.1) is 29.5 Å². The van der Waals surface area contributed by atoms with Gasteiger partial charge >= 0.3 is 0 Å². The average Bonchev–Trinajstić information content (AvgIpc) is 2.68. The molecule has 24 heavy (non-hydrogen) atoms. The molecule has 1 saturated heterocycles. The monoisotopic (exact) mass is 333 g/mol. The lowest BCUT2D eigenvalue weighted by atomic mass is 9.62. The van der Waals surface area contributed by atoms with Crippen molar-refractivity contribution >= 4 is 11.8 Å². The molecule has 1 aromatic carbocycles. The fourth-order valence-electron chi connectivity index (χ4n) is 4.36. The Labute approximate surface area is 141 Å². The minimum atomic E-state index is -1.01. The third-order valence-corrected chi connectivity index (χ3v) is 6.45. The predicted octanol–water partition coefficient (Wildman–Crippen LogP) is 2.98. The summed E-state index contributed by atoms with van der Waals surface area (Å²) in [5.74, 6) is -0.966. The van der Waals surface area contributed by atoms with E-state index in [4.69, 9.17) is 0 Å². The summed E-state index contributed by atoms with van der Waals surface area (Å²) in [6.45, 7) is 7.52. The smallest absolute Gasteiger partial charge is 0.235 e. The third-order valence-electron chi connectivity index (χ3n) is 6.45. The van der Waals surface area contributed by atoms with Gasteiger partial charge in [-0.05, 0) is 48.4 Å². The number of carbonyl (C=O) groups is 2. The van der Waals surface area contributed by atoms with Crippen LogP contribution < -0.4 is 0 Å². The van der Waals surface area contributed by atoms with Gasteiger partial charge in [0, 0.05) is 5.92 Å². The number of hydrogen-bond acceptors (Lipinski definition) is 3. The van der Waals surface area contributed by atoms with Gasteiger partial charge < -0.3 is 5.11 Å². The summed E-state index contributed by atoms with van der Waals surface area (Å²) in [5, 5.41) is 10.5. The first-order chi connectivity index (χ1) is 11.1. The summed E-state index contributed by atoms with van der Waals surface area (Å²) in [6.07, 6.45) is 0.385. The fraction of sp³-hybridized carbons (Fsp3) is 0.579. The van der Waals surface area contributed by atoms with E-state index in [1.54, 1.807) is 6.92 Å². The van der Waals surface area contributed by atoms with Crippen molar-refractivity contribution < 1.29 is 19.1 Å². The average molecular weight is 333 g/mol. The van der Waals surface area contributed by atoms with Crippen molar-refractivity contribution in [1.82, 2.24) is 4.90 Å². The molecule has 4 nitrogen and oxygen atoms in total. The first-order valence-electron chi connectivity index (χ1n) is 8.39. The molecule has 3 rings (SSSR count).